The second-order valence-electron chi connectivity index (χ2n) is 7.74. The maximum absolute atomic E-state index is 12.8. The Hall–Kier alpha value is -3.07. The molecule has 186 valence electrons. The van der Waals surface area contributed by atoms with Gasteiger partial charge in [0.1, 0.15) is 5.69 Å². The predicted molar refractivity (Wildman–Crippen MR) is 130 cm³/mol. The number of anilines is 1. The first kappa shape index (κ1) is 28.5. The number of benzene rings is 3. The van der Waals surface area contributed by atoms with Gasteiger partial charge >= 0.3 is 29.6 Å². The minimum Gasteiger partial charge on any atom is -0.857 e. The smallest absolute Gasteiger partial charge is 0.857 e. The van der Waals surface area contributed by atoms with E-state index in [-0.39, 0.29) is 56.4 Å². The zero-order chi connectivity index (χ0) is 26.1. The summed E-state index contributed by atoms with van der Waals surface area (Å²) >= 11 is 0. The molecular formula is C23H20N5NaO6S2. The van der Waals surface area contributed by atoms with E-state index in [0.717, 1.165) is 16.8 Å². The zero-order valence-corrected chi connectivity index (χ0v) is 23.7. The molecule has 11 nitrogen and oxygen atoms in total. The van der Waals surface area contributed by atoms with Crippen LogP contribution in [0.2, 0.25) is 0 Å². The quantitative estimate of drug-likeness (QED) is 0.197. The Labute approximate surface area is 236 Å². The van der Waals surface area contributed by atoms with Crippen molar-refractivity contribution in [2.75, 3.05) is 4.72 Å². The molecule has 4 aromatic rings. The van der Waals surface area contributed by atoms with Crippen molar-refractivity contribution in [1.29, 1.82) is 0 Å². The van der Waals surface area contributed by atoms with Crippen LogP contribution in [0.5, 0.6) is 5.88 Å². The third-order valence-corrected chi connectivity index (χ3v) is 7.52. The summed E-state index contributed by atoms with van der Waals surface area (Å²) in [4.78, 5) is -0.241. The molecule has 0 fully saturated rings. The van der Waals surface area contributed by atoms with E-state index in [1.54, 1.807) is 44.2 Å². The van der Waals surface area contributed by atoms with Gasteiger partial charge in [-0.2, -0.15) is 18.6 Å². The van der Waals surface area contributed by atoms with E-state index < -0.39 is 26.0 Å². The molecule has 0 aliphatic heterocycles. The molecule has 0 bridgehead atoms. The molecule has 0 aliphatic rings. The van der Waals surface area contributed by atoms with Crippen molar-refractivity contribution in [3.8, 4) is 11.6 Å². The van der Waals surface area contributed by atoms with Crippen LogP contribution < -0.4 is 39.4 Å². The van der Waals surface area contributed by atoms with Gasteiger partial charge in [-0.1, -0.05) is 18.2 Å². The zero-order valence-electron chi connectivity index (χ0n) is 20.0. The fourth-order valence-corrected chi connectivity index (χ4v) is 5.13. The first-order valence-corrected chi connectivity index (χ1v) is 13.3. The molecule has 0 radical (unpaired) electrons. The average molecular weight is 550 g/mol. The maximum Gasteiger partial charge on any atom is 1.00 e. The van der Waals surface area contributed by atoms with Gasteiger partial charge in [-0.3, -0.25) is 9.27 Å². The van der Waals surface area contributed by atoms with Crippen LogP contribution in [0.4, 0.5) is 17.1 Å². The second-order valence-corrected chi connectivity index (χ2v) is 10.8. The summed E-state index contributed by atoms with van der Waals surface area (Å²) in [6.07, 6.45) is 0. The number of hydrogen-bond donors (Lipinski definition) is 2. The number of nitrogens with zero attached hydrogens (tertiary/aromatic N) is 4. The molecule has 3 aromatic carbocycles. The number of nitrogens with one attached hydrogen (secondary N) is 1. The molecule has 0 amide bonds. The van der Waals surface area contributed by atoms with E-state index >= 15 is 0 Å². The van der Waals surface area contributed by atoms with E-state index in [2.05, 4.69) is 20.0 Å². The summed E-state index contributed by atoms with van der Waals surface area (Å²) in [5.41, 5.74) is 1.72. The van der Waals surface area contributed by atoms with Gasteiger partial charge in [-0.15, -0.1) is 5.11 Å². The number of azo groups is 1. The Morgan fingerprint density at radius 3 is 2.16 bits per heavy atom. The van der Waals surface area contributed by atoms with E-state index in [0.29, 0.717) is 16.9 Å². The van der Waals surface area contributed by atoms with Gasteiger partial charge in [0, 0.05) is 11.6 Å². The molecule has 1 aromatic heterocycles. The number of rotatable bonds is 7. The van der Waals surface area contributed by atoms with Crippen molar-refractivity contribution < 1.29 is 56.1 Å². The third kappa shape index (κ3) is 6.44. The van der Waals surface area contributed by atoms with E-state index in [4.69, 9.17) is 4.55 Å². The second kappa shape index (κ2) is 11.1. The average Bonchev–Trinajstić information content (AvgIpc) is 3.10. The van der Waals surface area contributed by atoms with Crippen molar-refractivity contribution in [2.24, 2.45) is 10.2 Å². The summed E-state index contributed by atoms with van der Waals surface area (Å²) in [6.45, 7) is 3.19. The largest absolute Gasteiger partial charge is 1.00 e. The van der Waals surface area contributed by atoms with Gasteiger partial charge in [0.15, 0.2) is 0 Å². The van der Waals surface area contributed by atoms with Crippen LogP contribution in [0.1, 0.15) is 11.3 Å². The Morgan fingerprint density at radius 2 is 1.57 bits per heavy atom. The molecule has 14 heteroatoms. The SMILES string of the molecule is Cc1cc(N=Nc2c(C)nn(-c3ccc(S(=O)(=O)O)cc3)c2[O-])ccc1S(=O)(=O)Nc1ccccc1.[Na+]. The van der Waals surface area contributed by atoms with Crippen LogP contribution in [-0.2, 0) is 20.1 Å². The first-order chi connectivity index (χ1) is 17.0. The van der Waals surface area contributed by atoms with Crippen molar-refractivity contribution in [3.05, 3.63) is 84.1 Å². The van der Waals surface area contributed by atoms with Crippen LogP contribution in [0.25, 0.3) is 5.69 Å². The van der Waals surface area contributed by atoms with Gasteiger partial charge in [-0.05, 0) is 74.0 Å². The van der Waals surface area contributed by atoms with E-state index in [1.807, 2.05) is 0 Å². The Bertz CT molecular complexity index is 1670. The summed E-state index contributed by atoms with van der Waals surface area (Å²) < 4.78 is 60.6. The summed E-state index contributed by atoms with van der Waals surface area (Å²) in [7, 11) is -8.19. The normalized spacial score (nSPS) is 11.9. The third-order valence-electron chi connectivity index (χ3n) is 5.11. The maximum atomic E-state index is 12.8. The Morgan fingerprint density at radius 1 is 0.919 bits per heavy atom. The number of hydrogen-bond acceptors (Lipinski definition) is 8. The molecule has 4 rings (SSSR count). The topological polar surface area (TPSA) is 166 Å². The van der Waals surface area contributed by atoms with E-state index in [1.165, 1.54) is 30.3 Å². The van der Waals surface area contributed by atoms with Crippen molar-refractivity contribution >= 4 is 37.2 Å². The van der Waals surface area contributed by atoms with Gasteiger partial charge in [-0.25, -0.2) is 13.1 Å². The molecule has 0 spiro atoms. The fourth-order valence-electron chi connectivity index (χ4n) is 3.37. The summed E-state index contributed by atoms with van der Waals surface area (Å²) in [6, 6.07) is 17.8. The Kier molecular flexibility index (Phi) is 8.57. The molecule has 0 saturated carbocycles. The molecule has 0 saturated heterocycles. The molecular weight excluding hydrogens is 529 g/mol. The number of sulfonamides is 1. The standard InChI is InChI=1S/C23H21N5O6S2.Na/c1-15-14-18(8-13-21(15)35(30,31)27-17-6-4-3-5-7-17)24-25-22-16(2)26-28(23(22)29)19-9-11-20(12-10-19)36(32,33)34;/h3-14,27,29H,1-2H3,(H,32,33,34);/q;+1/p-1. The van der Waals surface area contributed by atoms with Crippen LogP contribution in [-0.4, -0.2) is 31.2 Å². The van der Waals surface area contributed by atoms with Crippen molar-refractivity contribution in [3.63, 3.8) is 0 Å². The molecule has 0 atom stereocenters. The van der Waals surface area contributed by atoms with Crippen molar-refractivity contribution in [1.82, 2.24) is 9.78 Å². The first-order valence-electron chi connectivity index (χ1n) is 10.4. The Balaban J connectivity index is 0.00000380. The van der Waals surface area contributed by atoms with Gasteiger partial charge < -0.3 is 5.11 Å². The minimum atomic E-state index is -4.37. The molecule has 2 N–H and O–H groups in total. The number of aryl methyl sites for hydroxylation is 2. The van der Waals surface area contributed by atoms with Crippen LogP contribution in [0.3, 0.4) is 0 Å². The predicted octanol–water partition coefficient (Wildman–Crippen LogP) is 1.03. The van der Waals surface area contributed by atoms with Crippen molar-refractivity contribution in [2.45, 2.75) is 23.6 Å². The summed E-state index contributed by atoms with van der Waals surface area (Å²) in [5.74, 6) is -0.584. The van der Waals surface area contributed by atoms with Gasteiger partial charge in [0.25, 0.3) is 20.1 Å². The molecule has 0 unspecified atom stereocenters. The van der Waals surface area contributed by atoms with Gasteiger partial charge in [0.05, 0.1) is 26.9 Å². The molecule has 37 heavy (non-hydrogen) atoms. The number of aromatic nitrogens is 2. The van der Waals surface area contributed by atoms with Crippen LogP contribution >= 0.6 is 0 Å². The van der Waals surface area contributed by atoms with Crippen LogP contribution in [0, 0.1) is 13.8 Å². The minimum absolute atomic E-state index is 0. The fraction of sp³-hybridized carbons (Fsp3) is 0.0870. The number of para-hydroxylation sites is 1. The molecule has 1 heterocycles. The molecule has 0 aliphatic carbocycles. The monoisotopic (exact) mass is 549 g/mol. The summed E-state index contributed by atoms with van der Waals surface area (Å²) in [5, 5.41) is 25.0. The van der Waals surface area contributed by atoms with Gasteiger partial charge in [0.2, 0.25) is 0 Å². The van der Waals surface area contributed by atoms with E-state index in [9.17, 15) is 21.9 Å². The van der Waals surface area contributed by atoms with Crippen LogP contribution in [0.15, 0.2) is 92.8 Å².